The Morgan fingerprint density at radius 3 is 2.73 bits per heavy atom. The van der Waals surface area contributed by atoms with Crippen LogP contribution in [0.3, 0.4) is 0 Å². The topological polar surface area (TPSA) is 75.2 Å². The molecule has 0 spiro atoms. The van der Waals surface area contributed by atoms with Crippen molar-refractivity contribution in [1.82, 2.24) is 14.8 Å². The summed E-state index contributed by atoms with van der Waals surface area (Å²) in [5.74, 6) is 1.10. The van der Waals surface area contributed by atoms with Gasteiger partial charge in [-0.25, -0.2) is 0 Å². The number of carbonyl (C=O) groups is 1. The number of nitrogens with one attached hydrogen (secondary N) is 2. The predicted octanol–water partition coefficient (Wildman–Crippen LogP) is 4.38. The van der Waals surface area contributed by atoms with Crippen LogP contribution in [0.1, 0.15) is 17.3 Å². The molecule has 2 aromatic heterocycles. The van der Waals surface area contributed by atoms with Gasteiger partial charge in [-0.2, -0.15) is 5.10 Å². The van der Waals surface area contributed by atoms with Crippen molar-refractivity contribution in [1.29, 1.82) is 0 Å². The Balaban J connectivity index is 1.61. The highest BCUT2D eigenvalue weighted by Crippen LogP contribution is 2.30. The lowest BCUT2D eigenvalue weighted by atomic mass is 10.2. The Kier molecular flexibility index (Phi) is 5.18. The van der Waals surface area contributed by atoms with Crippen LogP contribution in [0.5, 0.6) is 5.75 Å². The normalized spacial score (nSPS) is 10.9. The van der Waals surface area contributed by atoms with Gasteiger partial charge in [0.25, 0.3) is 5.91 Å². The van der Waals surface area contributed by atoms with Gasteiger partial charge in [0.05, 0.1) is 24.0 Å². The number of methoxy groups -OCH3 is 1. The van der Waals surface area contributed by atoms with Gasteiger partial charge in [0.1, 0.15) is 5.75 Å². The van der Waals surface area contributed by atoms with Gasteiger partial charge in [-0.15, -0.1) is 0 Å². The standard InChI is InChI=1S/C23H25N5O2/c1-5-28-20-13-18(30-4)10-9-15(20)12-21(28)19-14-22(26-25-19)24-23(29)16-7-6-8-17(11-16)27(2)3/h6-14H,5H2,1-4H3,(H2,24,25,26,29). The molecule has 4 aromatic rings. The van der Waals surface area contributed by atoms with Gasteiger partial charge in [0, 0.05) is 49.4 Å². The number of aromatic nitrogens is 3. The largest absolute Gasteiger partial charge is 0.497 e. The Hall–Kier alpha value is -3.74. The number of carbonyl (C=O) groups excluding carboxylic acids is 1. The Bertz CT molecular complexity index is 1210. The fourth-order valence-corrected chi connectivity index (χ4v) is 3.56. The van der Waals surface area contributed by atoms with Crippen LogP contribution in [0.15, 0.2) is 54.6 Å². The number of aromatic amines is 1. The number of fused-ring (bicyclic) bond motifs is 1. The average Bonchev–Trinajstić information content (AvgIpc) is 3.37. The lowest BCUT2D eigenvalue weighted by molar-refractivity contribution is 0.102. The van der Waals surface area contributed by atoms with E-state index in [-0.39, 0.29) is 5.91 Å². The maximum Gasteiger partial charge on any atom is 0.256 e. The molecule has 30 heavy (non-hydrogen) atoms. The minimum atomic E-state index is -0.197. The zero-order valence-corrected chi connectivity index (χ0v) is 17.6. The summed E-state index contributed by atoms with van der Waals surface area (Å²) in [6.07, 6.45) is 0. The van der Waals surface area contributed by atoms with Gasteiger partial charge in [0.2, 0.25) is 0 Å². The van der Waals surface area contributed by atoms with Crippen LogP contribution in [0.4, 0.5) is 11.5 Å². The molecule has 0 aliphatic carbocycles. The molecule has 0 saturated carbocycles. The highest BCUT2D eigenvalue weighted by molar-refractivity contribution is 6.04. The number of benzene rings is 2. The maximum absolute atomic E-state index is 12.7. The molecule has 0 saturated heterocycles. The number of anilines is 2. The summed E-state index contributed by atoms with van der Waals surface area (Å²) < 4.78 is 7.56. The van der Waals surface area contributed by atoms with Crippen LogP contribution in [-0.2, 0) is 6.54 Å². The minimum absolute atomic E-state index is 0.197. The van der Waals surface area contributed by atoms with Crippen molar-refractivity contribution in [3.05, 3.63) is 60.2 Å². The van der Waals surface area contributed by atoms with Crippen LogP contribution >= 0.6 is 0 Å². The molecule has 0 aliphatic heterocycles. The number of nitrogens with zero attached hydrogens (tertiary/aromatic N) is 3. The van der Waals surface area contributed by atoms with E-state index in [4.69, 9.17) is 4.74 Å². The summed E-state index contributed by atoms with van der Waals surface area (Å²) in [5.41, 5.74) is 4.48. The SMILES string of the molecule is CCn1c(-c2cc(NC(=O)c3cccc(N(C)C)c3)n[nH]2)cc2ccc(OC)cc21. The van der Waals surface area contributed by atoms with Crippen LogP contribution in [0.25, 0.3) is 22.3 Å². The van der Waals surface area contributed by atoms with E-state index in [1.807, 2.05) is 61.5 Å². The molecule has 7 nitrogen and oxygen atoms in total. The third-order valence-corrected chi connectivity index (χ3v) is 5.15. The lowest BCUT2D eigenvalue weighted by Crippen LogP contribution is -2.14. The summed E-state index contributed by atoms with van der Waals surface area (Å²) >= 11 is 0. The van der Waals surface area contributed by atoms with Gasteiger partial charge < -0.3 is 19.5 Å². The number of aryl methyl sites for hydroxylation is 1. The van der Waals surface area contributed by atoms with Crippen molar-refractivity contribution in [2.24, 2.45) is 0 Å². The first-order chi connectivity index (χ1) is 14.5. The molecule has 7 heteroatoms. The first-order valence-corrected chi connectivity index (χ1v) is 9.82. The van der Waals surface area contributed by atoms with Crippen LogP contribution in [0, 0.1) is 0 Å². The molecule has 2 aromatic carbocycles. The van der Waals surface area contributed by atoms with Crippen LogP contribution in [0.2, 0.25) is 0 Å². The third-order valence-electron chi connectivity index (χ3n) is 5.15. The first-order valence-electron chi connectivity index (χ1n) is 9.82. The Labute approximate surface area is 175 Å². The van der Waals surface area contributed by atoms with Crippen LogP contribution in [-0.4, -0.2) is 41.9 Å². The molecule has 154 valence electrons. The second-order valence-corrected chi connectivity index (χ2v) is 7.26. The van der Waals surface area contributed by atoms with Crippen molar-refractivity contribution >= 4 is 28.3 Å². The molecule has 2 heterocycles. The maximum atomic E-state index is 12.7. The van der Waals surface area contributed by atoms with E-state index in [0.717, 1.165) is 40.3 Å². The van der Waals surface area contributed by atoms with Gasteiger partial charge in [-0.05, 0) is 43.3 Å². The molecule has 0 radical (unpaired) electrons. The highest BCUT2D eigenvalue weighted by atomic mass is 16.5. The van der Waals surface area contributed by atoms with E-state index in [9.17, 15) is 4.79 Å². The minimum Gasteiger partial charge on any atom is -0.497 e. The third kappa shape index (κ3) is 3.61. The van der Waals surface area contributed by atoms with E-state index < -0.39 is 0 Å². The van der Waals surface area contributed by atoms with Crippen molar-refractivity contribution in [3.8, 4) is 17.1 Å². The molecule has 0 bridgehead atoms. The van der Waals surface area contributed by atoms with Gasteiger partial charge in [-0.3, -0.25) is 9.89 Å². The number of H-pyrrole nitrogens is 1. The monoisotopic (exact) mass is 403 g/mol. The molecule has 0 atom stereocenters. The lowest BCUT2D eigenvalue weighted by Gasteiger charge is -2.13. The second-order valence-electron chi connectivity index (χ2n) is 7.26. The summed E-state index contributed by atoms with van der Waals surface area (Å²) in [5, 5.41) is 11.3. The summed E-state index contributed by atoms with van der Waals surface area (Å²) in [4.78, 5) is 14.6. The summed E-state index contributed by atoms with van der Waals surface area (Å²) in [6.45, 7) is 2.89. The van der Waals surface area contributed by atoms with Crippen molar-refractivity contribution in [2.45, 2.75) is 13.5 Å². The van der Waals surface area contributed by atoms with E-state index in [1.54, 1.807) is 13.2 Å². The van der Waals surface area contributed by atoms with Gasteiger partial charge in [0.15, 0.2) is 5.82 Å². The molecule has 2 N–H and O–H groups in total. The van der Waals surface area contributed by atoms with Crippen molar-refractivity contribution < 1.29 is 9.53 Å². The fourth-order valence-electron chi connectivity index (χ4n) is 3.56. The van der Waals surface area contributed by atoms with E-state index in [0.29, 0.717) is 11.4 Å². The van der Waals surface area contributed by atoms with Gasteiger partial charge >= 0.3 is 0 Å². The van der Waals surface area contributed by atoms with E-state index in [1.165, 1.54) is 0 Å². The quantitative estimate of drug-likeness (QED) is 0.501. The molecule has 0 aliphatic rings. The Morgan fingerprint density at radius 1 is 1.17 bits per heavy atom. The molecular formula is C23H25N5O2. The molecule has 4 rings (SSSR count). The van der Waals surface area contributed by atoms with E-state index in [2.05, 4.69) is 33.1 Å². The van der Waals surface area contributed by atoms with Crippen LogP contribution < -0.4 is 15.0 Å². The van der Waals surface area contributed by atoms with Crippen molar-refractivity contribution in [3.63, 3.8) is 0 Å². The predicted molar refractivity (Wildman–Crippen MR) is 120 cm³/mol. The molecule has 1 amide bonds. The number of amides is 1. The molecule has 0 unspecified atom stereocenters. The smallest absolute Gasteiger partial charge is 0.256 e. The number of rotatable bonds is 6. The number of hydrogen-bond donors (Lipinski definition) is 2. The molecular weight excluding hydrogens is 378 g/mol. The second kappa shape index (κ2) is 7.94. The average molecular weight is 403 g/mol. The zero-order chi connectivity index (χ0) is 21.3. The van der Waals surface area contributed by atoms with Crippen molar-refractivity contribution in [2.75, 3.05) is 31.4 Å². The molecule has 0 fully saturated rings. The highest BCUT2D eigenvalue weighted by Gasteiger charge is 2.15. The number of ether oxygens (including phenoxy) is 1. The van der Waals surface area contributed by atoms with E-state index >= 15 is 0 Å². The fraction of sp³-hybridized carbons (Fsp3) is 0.217. The zero-order valence-electron chi connectivity index (χ0n) is 17.6. The van der Waals surface area contributed by atoms with Gasteiger partial charge in [-0.1, -0.05) is 6.07 Å². The summed E-state index contributed by atoms with van der Waals surface area (Å²) in [7, 11) is 5.55. The summed E-state index contributed by atoms with van der Waals surface area (Å²) in [6, 6.07) is 17.5. The number of hydrogen-bond acceptors (Lipinski definition) is 4. The first kappa shape index (κ1) is 19.6. The Morgan fingerprint density at radius 2 is 2.00 bits per heavy atom.